The SMILES string of the molecule is CSc1ccc(NC(=O)c2c[nH]ccc2=O)cc1. The number of hydrogen-bond acceptors (Lipinski definition) is 3. The highest BCUT2D eigenvalue weighted by Crippen LogP contribution is 2.17. The van der Waals surface area contributed by atoms with E-state index in [2.05, 4.69) is 10.3 Å². The van der Waals surface area contributed by atoms with Crippen LogP contribution < -0.4 is 10.7 Å². The average molecular weight is 260 g/mol. The van der Waals surface area contributed by atoms with Crippen LogP contribution in [0.5, 0.6) is 0 Å². The number of nitrogens with one attached hydrogen (secondary N) is 2. The van der Waals surface area contributed by atoms with Crippen LogP contribution in [0.15, 0.2) is 52.4 Å². The molecule has 18 heavy (non-hydrogen) atoms. The first kappa shape index (κ1) is 12.4. The van der Waals surface area contributed by atoms with Crippen molar-refractivity contribution in [1.29, 1.82) is 0 Å². The van der Waals surface area contributed by atoms with Crippen molar-refractivity contribution in [3.05, 3.63) is 58.5 Å². The predicted molar refractivity (Wildman–Crippen MR) is 73.2 cm³/mol. The first-order valence-corrected chi connectivity index (χ1v) is 6.55. The van der Waals surface area contributed by atoms with Crippen molar-refractivity contribution >= 4 is 23.4 Å². The van der Waals surface area contributed by atoms with Gasteiger partial charge in [0.15, 0.2) is 5.43 Å². The normalized spacial score (nSPS) is 10.1. The zero-order valence-electron chi connectivity index (χ0n) is 9.77. The van der Waals surface area contributed by atoms with E-state index in [-0.39, 0.29) is 11.0 Å². The van der Waals surface area contributed by atoms with Gasteiger partial charge in [-0.05, 0) is 30.5 Å². The second kappa shape index (κ2) is 5.55. The van der Waals surface area contributed by atoms with Gasteiger partial charge in [0.05, 0.1) is 0 Å². The van der Waals surface area contributed by atoms with E-state index in [1.54, 1.807) is 23.9 Å². The molecule has 0 unspecified atom stereocenters. The first-order valence-electron chi connectivity index (χ1n) is 5.33. The van der Waals surface area contributed by atoms with Gasteiger partial charge in [-0.15, -0.1) is 11.8 Å². The van der Waals surface area contributed by atoms with Crippen LogP contribution in [-0.2, 0) is 0 Å². The van der Waals surface area contributed by atoms with Gasteiger partial charge in [-0.2, -0.15) is 0 Å². The van der Waals surface area contributed by atoms with Gasteiger partial charge >= 0.3 is 0 Å². The molecule has 4 nitrogen and oxygen atoms in total. The van der Waals surface area contributed by atoms with Gasteiger partial charge in [0.2, 0.25) is 0 Å². The number of carbonyl (C=O) groups excluding carboxylic acids is 1. The van der Waals surface area contributed by atoms with Gasteiger partial charge < -0.3 is 10.3 Å². The molecule has 0 saturated heterocycles. The number of carbonyl (C=O) groups is 1. The fraction of sp³-hybridized carbons (Fsp3) is 0.0769. The number of amides is 1. The lowest BCUT2D eigenvalue weighted by Crippen LogP contribution is -2.20. The number of aromatic nitrogens is 1. The van der Waals surface area contributed by atoms with Crippen molar-refractivity contribution < 1.29 is 4.79 Å². The van der Waals surface area contributed by atoms with E-state index < -0.39 is 5.91 Å². The number of benzene rings is 1. The standard InChI is InChI=1S/C13H12N2O2S/c1-18-10-4-2-9(3-5-10)15-13(17)11-8-14-7-6-12(11)16/h2-8H,1H3,(H,14,16)(H,15,17). The summed E-state index contributed by atoms with van der Waals surface area (Å²) in [7, 11) is 0. The highest BCUT2D eigenvalue weighted by molar-refractivity contribution is 7.98. The van der Waals surface area contributed by atoms with Crippen LogP contribution in [0.3, 0.4) is 0 Å². The summed E-state index contributed by atoms with van der Waals surface area (Å²) in [5.74, 6) is -0.409. The Bertz CT molecular complexity index is 605. The van der Waals surface area contributed by atoms with Gasteiger partial charge in [0, 0.05) is 29.0 Å². The molecule has 1 heterocycles. The zero-order valence-corrected chi connectivity index (χ0v) is 10.6. The molecule has 0 bridgehead atoms. The fourth-order valence-corrected chi connectivity index (χ4v) is 1.87. The Morgan fingerprint density at radius 1 is 1.22 bits per heavy atom. The van der Waals surface area contributed by atoms with E-state index in [0.717, 1.165) is 4.90 Å². The van der Waals surface area contributed by atoms with E-state index in [1.807, 2.05) is 18.4 Å². The maximum atomic E-state index is 11.9. The maximum Gasteiger partial charge on any atom is 0.261 e. The minimum Gasteiger partial charge on any atom is -0.367 e. The molecule has 0 radical (unpaired) electrons. The van der Waals surface area contributed by atoms with E-state index in [4.69, 9.17) is 0 Å². The molecule has 1 aromatic heterocycles. The number of thioether (sulfide) groups is 1. The van der Waals surface area contributed by atoms with Gasteiger partial charge in [-0.1, -0.05) is 0 Å². The van der Waals surface area contributed by atoms with Crippen LogP contribution >= 0.6 is 11.8 Å². The number of rotatable bonds is 3. The van der Waals surface area contributed by atoms with Crippen molar-refractivity contribution in [2.75, 3.05) is 11.6 Å². The molecular formula is C13H12N2O2S. The van der Waals surface area contributed by atoms with Crippen LogP contribution in [-0.4, -0.2) is 17.1 Å². The summed E-state index contributed by atoms with van der Waals surface area (Å²) < 4.78 is 0. The minimum atomic E-state index is -0.409. The third-order valence-corrected chi connectivity index (χ3v) is 3.16. The highest BCUT2D eigenvalue weighted by Gasteiger charge is 2.09. The summed E-state index contributed by atoms with van der Waals surface area (Å²) in [6.45, 7) is 0. The lowest BCUT2D eigenvalue weighted by Gasteiger charge is -2.05. The molecule has 0 aliphatic carbocycles. The number of H-pyrrole nitrogens is 1. The van der Waals surface area contributed by atoms with Gasteiger partial charge in [-0.25, -0.2) is 0 Å². The zero-order chi connectivity index (χ0) is 13.0. The molecule has 0 atom stereocenters. The Kier molecular flexibility index (Phi) is 3.84. The third kappa shape index (κ3) is 2.81. The second-order valence-electron chi connectivity index (χ2n) is 3.60. The Hall–Kier alpha value is -2.01. The molecule has 5 heteroatoms. The average Bonchev–Trinajstić information content (AvgIpc) is 2.40. The molecule has 1 aromatic carbocycles. The van der Waals surface area contributed by atoms with Crippen molar-refractivity contribution in [2.24, 2.45) is 0 Å². The summed E-state index contributed by atoms with van der Waals surface area (Å²) in [5, 5.41) is 2.68. The van der Waals surface area contributed by atoms with Gasteiger partial charge in [0.25, 0.3) is 5.91 Å². The molecule has 0 fully saturated rings. The first-order chi connectivity index (χ1) is 8.70. The smallest absolute Gasteiger partial charge is 0.261 e. The Morgan fingerprint density at radius 2 is 1.94 bits per heavy atom. The van der Waals surface area contributed by atoms with E-state index >= 15 is 0 Å². The molecule has 2 aromatic rings. The monoisotopic (exact) mass is 260 g/mol. The predicted octanol–water partition coefficient (Wildman–Crippen LogP) is 2.35. The molecular weight excluding hydrogens is 248 g/mol. The number of hydrogen-bond donors (Lipinski definition) is 2. The number of anilines is 1. The molecule has 92 valence electrons. The van der Waals surface area contributed by atoms with Crippen molar-refractivity contribution in [3.8, 4) is 0 Å². The van der Waals surface area contributed by atoms with Crippen molar-refractivity contribution in [3.63, 3.8) is 0 Å². The molecule has 1 amide bonds. The quantitative estimate of drug-likeness (QED) is 0.833. The Morgan fingerprint density at radius 3 is 2.56 bits per heavy atom. The molecule has 0 aliphatic heterocycles. The summed E-state index contributed by atoms with van der Waals surface area (Å²) in [5.41, 5.74) is 0.472. The lowest BCUT2D eigenvalue weighted by atomic mass is 10.2. The summed E-state index contributed by atoms with van der Waals surface area (Å²) in [6, 6.07) is 8.76. The number of pyridine rings is 1. The van der Waals surface area contributed by atoms with Crippen LogP contribution in [0.1, 0.15) is 10.4 Å². The molecule has 0 saturated carbocycles. The van der Waals surface area contributed by atoms with Gasteiger partial charge in [0.1, 0.15) is 5.56 Å². The van der Waals surface area contributed by atoms with E-state index in [1.165, 1.54) is 18.5 Å². The molecule has 2 rings (SSSR count). The van der Waals surface area contributed by atoms with E-state index in [0.29, 0.717) is 5.69 Å². The summed E-state index contributed by atoms with van der Waals surface area (Å²) in [4.78, 5) is 27.2. The minimum absolute atomic E-state index is 0.103. The van der Waals surface area contributed by atoms with E-state index in [9.17, 15) is 9.59 Å². The largest absolute Gasteiger partial charge is 0.367 e. The maximum absolute atomic E-state index is 11.9. The van der Waals surface area contributed by atoms with Crippen LogP contribution in [0.2, 0.25) is 0 Å². The van der Waals surface area contributed by atoms with Crippen LogP contribution in [0.25, 0.3) is 0 Å². The topological polar surface area (TPSA) is 62.0 Å². The van der Waals surface area contributed by atoms with Crippen LogP contribution in [0.4, 0.5) is 5.69 Å². The second-order valence-corrected chi connectivity index (χ2v) is 4.48. The molecule has 2 N–H and O–H groups in total. The summed E-state index contributed by atoms with van der Waals surface area (Å²) in [6.07, 6.45) is 4.87. The van der Waals surface area contributed by atoms with Crippen molar-refractivity contribution in [1.82, 2.24) is 4.98 Å². The third-order valence-electron chi connectivity index (χ3n) is 2.42. The molecule has 0 spiro atoms. The lowest BCUT2D eigenvalue weighted by molar-refractivity contribution is 0.102. The highest BCUT2D eigenvalue weighted by atomic mass is 32.2. The fourth-order valence-electron chi connectivity index (χ4n) is 1.47. The Balaban J connectivity index is 2.16. The van der Waals surface area contributed by atoms with Gasteiger partial charge in [-0.3, -0.25) is 9.59 Å². The van der Waals surface area contributed by atoms with Crippen LogP contribution in [0, 0.1) is 0 Å². The summed E-state index contributed by atoms with van der Waals surface area (Å²) >= 11 is 1.63. The van der Waals surface area contributed by atoms with Crippen molar-refractivity contribution in [2.45, 2.75) is 4.90 Å². The Labute approximate surface area is 108 Å². The molecule has 0 aliphatic rings. The number of aromatic amines is 1.